The van der Waals surface area contributed by atoms with Crippen LogP contribution in [0.25, 0.3) is 22.4 Å². The predicted molar refractivity (Wildman–Crippen MR) is 127 cm³/mol. The van der Waals surface area contributed by atoms with Gasteiger partial charge in [0.1, 0.15) is 5.58 Å². The number of fused-ring (bicyclic) bond motifs is 2. The highest BCUT2D eigenvalue weighted by Gasteiger charge is 2.30. The van der Waals surface area contributed by atoms with Gasteiger partial charge in [0.15, 0.2) is 17.1 Å². The van der Waals surface area contributed by atoms with E-state index in [1.165, 1.54) is 12.1 Å². The third kappa shape index (κ3) is 4.39. The molecule has 0 unspecified atom stereocenters. The minimum absolute atomic E-state index is 0.116. The quantitative estimate of drug-likeness (QED) is 0.443. The molecule has 2 aromatic carbocycles. The molecular formula is C26H23F3N4O2. The van der Waals surface area contributed by atoms with Gasteiger partial charge in [0, 0.05) is 43.4 Å². The van der Waals surface area contributed by atoms with Crippen molar-refractivity contribution in [1.82, 2.24) is 14.9 Å². The van der Waals surface area contributed by atoms with E-state index in [4.69, 9.17) is 10.2 Å². The molecule has 1 aliphatic heterocycles. The number of nitrogen functional groups attached to an aromatic ring is 1. The van der Waals surface area contributed by atoms with E-state index in [0.717, 1.165) is 34.5 Å². The lowest BCUT2D eigenvalue weighted by atomic mass is 10.0. The molecule has 0 amide bonds. The van der Waals surface area contributed by atoms with Crippen molar-refractivity contribution in [2.45, 2.75) is 39.5 Å². The molecule has 180 valence electrons. The van der Waals surface area contributed by atoms with Crippen molar-refractivity contribution < 1.29 is 17.6 Å². The van der Waals surface area contributed by atoms with Crippen LogP contribution in [0, 0.1) is 13.8 Å². The van der Waals surface area contributed by atoms with Crippen LogP contribution >= 0.6 is 0 Å². The SMILES string of the molecule is Cc1cc2oc(N)c(CN3CCc4nc(-c5ccc(C(F)(F)F)cc5)ncc4C3)c(=O)c2cc1C. The van der Waals surface area contributed by atoms with E-state index in [2.05, 4.69) is 14.9 Å². The lowest BCUT2D eigenvalue weighted by Crippen LogP contribution is -2.33. The molecule has 0 saturated heterocycles. The number of halogens is 3. The zero-order valence-corrected chi connectivity index (χ0v) is 19.2. The zero-order chi connectivity index (χ0) is 24.9. The number of nitrogens with two attached hydrogens (primary N) is 1. The monoisotopic (exact) mass is 480 g/mol. The highest BCUT2D eigenvalue weighted by atomic mass is 19.4. The molecule has 0 fully saturated rings. The Morgan fingerprint density at radius 2 is 1.83 bits per heavy atom. The van der Waals surface area contributed by atoms with Gasteiger partial charge in [0.25, 0.3) is 0 Å². The van der Waals surface area contributed by atoms with Gasteiger partial charge < -0.3 is 10.2 Å². The molecule has 1 aliphatic rings. The van der Waals surface area contributed by atoms with Crippen molar-refractivity contribution in [2.24, 2.45) is 0 Å². The number of aryl methyl sites for hydroxylation is 2. The van der Waals surface area contributed by atoms with E-state index in [-0.39, 0.29) is 11.3 Å². The third-order valence-electron chi connectivity index (χ3n) is 6.50. The molecule has 0 spiro atoms. The fourth-order valence-electron chi connectivity index (χ4n) is 4.34. The number of hydrogen-bond donors (Lipinski definition) is 1. The molecule has 3 heterocycles. The molecule has 0 radical (unpaired) electrons. The normalized spacial score (nSPS) is 14.3. The molecule has 0 bridgehead atoms. The van der Waals surface area contributed by atoms with Crippen molar-refractivity contribution in [3.63, 3.8) is 0 Å². The summed E-state index contributed by atoms with van der Waals surface area (Å²) in [5.41, 5.74) is 10.5. The van der Waals surface area contributed by atoms with Gasteiger partial charge in [-0.2, -0.15) is 13.2 Å². The number of aromatic nitrogens is 2. The molecule has 2 N–H and O–H groups in total. The third-order valence-corrected chi connectivity index (χ3v) is 6.50. The minimum atomic E-state index is -4.39. The smallest absolute Gasteiger partial charge is 0.416 e. The summed E-state index contributed by atoms with van der Waals surface area (Å²) in [7, 11) is 0. The summed E-state index contributed by atoms with van der Waals surface area (Å²) in [5.74, 6) is 0.501. The Morgan fingerprint density at radius 3 is 2.54 bits per heavy atom. The Morgan fingerprint density at radius 1 is 1.11 bits per heavy atom. The van der Waals surface area contributed by atoms with Crippen LogP contribution in [0.2, 0.25) is 0 Å². The second-order valence-electron chi connectivity index (χ2n) is 8.91. The maximum absolute atomic E-state index is 13.2. The number of benzene rings is 2. The Labute approximate surface area is 199 Å². The number of hydrogen-bond acceptors (Lipinski definition) is 6. The van der Waals surface area contributed by atoms with Gasteiger partial charge in [-0.15, -0.1) is 0 Å². The topological polar surface area (TPSA) is 85.2 Å². The fourth-order valence-corrected chi connectivity index (χ4v) is 4.34. The Bertz CT molecular complexity index is 1490. The van der Waals surface area contributed by atoms with Crippen LogP contribution in [0.4, 0.5) is 19.1 Å². The lowest BCUT2D eigenvalue weighted by Gasteiger charge is -2.28. The van der Waals surface area contributed by atoms with Crippen LogP contribution in [0.3, 0.4) is 0 Å². The van der Waals surface area contributed by atoms with Gasteiger partial charge in [-0.25, -0.2) is 9.97 Å². The first-order valence-corrected chi connectivity index (χ1v) is 11.2. The Kier molecular flexibility index (Phi) is 5.59. The Balaban J connectivity index is 1.37. The fraction of sp³-hybridized carbons (Fsp3) is 0.269. The summed E-state index contributed by atoms with van der Waals surface area (Å²) < 4.78 is 44.3. The van der Waals surface area contributed by atoms with Crippen molar-refractivity contribution in [3.8, 4) is 11.4 Å². The van der Waals surface area contributed by atoms with Gasteiger partial charge in [0.2, 0.25) is 0 Å². The molecule has 0 atom stereocenters. The number of nitrogens with zero attached hydrogens (tertiary/aromatic N) is 3. The highest BCUT2D eigenvalue weighted by Crippen LogP contribution is 2.31. The van der Waals surface area contributed by atoms with Crippen LogP contribution in [-0.4, -0.2) is 21.4 Å². The first kappa shape index (κ1) is 23.0. The molecule has 9 heteroatoms. The first-order valence-electron chi connectivity index (χ1n) is 11.2. The second kappa shape index (κ2) is 8.49. The van der Waals surface area contributed by atoms with E-state index in [1.807, 2.05) is 26.0 Å². The van der Waals surface area contributed by atoms with Gasteiger partial charge >= 0.3 is 6.18 Å². The molecule has 4 aromatic rings. The van der Waals surface area contributed by atoms with Crippen molar-refractivity contribution in [1.29, 1.82) is 0 Å². The second-order valence-corrected chi connectivity index (χ2v) is 8.91. The lowest BCUT2D eigenvalue weighted by molar-refractivity contribution is -0.137. The summed E-state index contributed by atoms with van der Waals surface area (Å²) in [6, 6.07) is 8.48. The molecular weight excluding hydrogens is 457 g/mol. The molecule has 5 rings (SSSR count). The van der Waals surface area contributed by atoms with Crippen LogP contribution in [0.15, 0.2) is 51.8 Å². The standard InChI is InChI=1S/C26H23F3N4O2/c1-14-9-19-22(10-15(14)2)35-24(30)20(23(19)34)13-33-8-7-21-17(12-33)11-31-25(32-21)16-3-5-18(6-4-16)26(27,28)29/h3-6,9-11H,7-8,12-13,30H2,1-2H3. The van der Waals surface area contributed by atoms with Crippen LogP contribution in [0.1, 0.15) is 33.5 Å². The molecule has 0 saturated carbocycles. The zero-order valence-electron chi connectivity index (χ0n) is 19.2. The minimum Gasteiger partial charge on any atom is -0.440 e. The van der Waals surface area contributed by atoms with E-state index >= 15 is 0 Å². The Hall–Kier alpha value is -3.72. The molecule has 0 aliphatic carbocycles. The molecule has 35 heavy (non-hydrogen) atoms. The molecule has 2 aromatic heterocycles. The highest BCUT2D eigenvalue weighted by molar-refractivity contribution is 5.80. The van der Waals surface area contributed by atoms with E-state index < -0.39 is 11.7 Å². The van der Waals surface area contributed by atoms with Gasteiger partial charge in [-0.1, -0.05) is 12.1 Å². The van der Waals surface area contributed by atoms with Gasteiger partial charge in [0.05, 0.1) is 22.2 Å². The summed E-state index contributed by atoms with van der Waals surface area (Å²) in [6.07, 6.45) is -2.08. The summed E-state index contributed by atoms with van der Waals surface area (Å²) >= 11 is 0. The summed E-state index contributed by atoms with van der Waals surface area (Å²) in [5, 5.41) is 0.513. The van der Waals surface area contributed by atoms with Crippen molar-refractivity contribution in [3.05, 3.63) is 86.3 Å². The van der Waals surface area contributed by atoms with Crippen molar-refractivity contribution in [2.75, 3.05) is 12.3 Å². The van der Waals surface area contributed by atoms with E-state index in [0.29, 0.717) is 54.0 Å². The number of alkyl halides is 3. The van der Waals surface area contributed by atoms with Crippen LogP contribution in [-0.2, 0) is 25.7 Å². The maximum Gasteiger partial charge on any atom is 0.416 e. The summed E-state index contributed by atoms with van der Waals surface area (Å²) in [4.78, 5) is 24.2. The average Bonchev–Trinajstić information content (AvgIpc) is 2.82. The van der Waals surface area contributed by atoms with Gasteiger partial charge in [-0.05, 0) is 49.2 Å². The van der Waals surface area contributed by atoms with Gasteiger partial charge in [-0.3, -0.25) is 9.69 Å². The van der Waals surface area contributed by atoms with Crippen molar-refractivity contribution >= 4 is 16.9 Å². The predicted octanol–water partition coefficient (Wildman–Crippen LogP) is 5.03. The van der Waals surface area contributed by atoms with Crippen LogP contribution in [0.5, 0.6) is 0 Å². The van der Waals surface area contributed by atoms with E-state index in [9.17, 15) is 18.0 Å². The van der Waals surface area contributed by atoms with Crippen LogP contribution < -0.4 is 11.2 Å². The van der Waals surface area contributed by atoms with E-state index in [1.54, 1.807) is 6.20 Å². The average molecular weight is 480 g/mol. The summed E-state index contributed by atoms with van der Waals surface area (Å²) in [6.45, 7) is 5.39. The largest absolute Gasteiger partial charge is 0.440 e. The number of rotatable bonds is 3. The molecule has 6 nitrogen and oxygen atoms in total. The maximum atomic E-state index is 13.2. The number of anilines is 1. The first-order chi connectivity index (χ1) is 16.6.